The van der Waals surface area contributed by atoms with Crippen molar-refractivity contribution >= 4 is 17.1 Å². The van der Waals surface area contributed by atoms with Crippen LogP contribution in [0.5, 0.6) is 0 Å². The smallest absolute Gasteiger partial charge is 0.0314 e. The minimum Gasteiger partial charge on any atom is -0.399 e. The summed E-state index contributed by atoms with van der Waals surface area (Å²) >= 11 is 0. The average molecular weight is 291 g/mol. The van der Waals surface area contributed by atoms with E-state index < -0.39 is 0 Å². The topological polar surface area (TPSA) is 78.1 Å². The summed E-state index contributed by atoms with van der Waals surface area (Å²) in [5, 5.41) is 0. The van der Waals surface area contributed by atoms with E-state index in [9.17, 15) is 0 Å². The molecule has 0 aromatic heterocycles. The number of hydrogen-bond acceptors (Lipinski definition) is 3. The lowest BCUT2D eigenvalue weighted by Crippen LogP contribution is -1.85. The van der Waals surface area contributed by atoms with Crippen molar-refractivity contribution < 1.29 is 0 Å². The molecule has 3 aromatic carbocycles. The van der Waals surface area contributed by atoms with E-state index in [1.807, 2.05) is 79.7 Å². The van der Waals surface area contributed by atoms with E-state index in [0.29, 0.717) is 0 Å². The van der Waals surface area contributed by atoms with E-state index in [4.69, 9.17) is 17.2 Å². The van der Waals surface area contributed by atoms with Crippen molar-refractivity contribution in [2.24, 2.45) is 0 Å². The number of anilines is 3. The molecule has 0 amide bonds. The molecule has 0 spiro atoms. The maximum Gasteiger partial charge on any atom is 0.0314 e. The average Bonchev–Trinajstić information content (AvgIpc) is 2.53. The molecule has 3 rings (SSSR count). The van der Waals surface area contributed by atoms with Crippen LogP contribution in [0, 0.1) is 6.92 Å². The lowest BCUT2D eigenvalue weighted by atomic mass is 10.1. The van der Waals surface area contributed by atoms with Crippen LogP contribution in [-0.4, -0.2) is 0 Å². The third-order valence-electron chi connectivity index (χ3n) is 3.23. The van der Waals surface area contributed by atoms with Gasteiger partial charge in [-0.25, -0.2) is 0 Å². The monoisotopic (exact) mass is 291 g/mol. The summed E-state index contributed by atoms with van der Waals surface area (Å²) in [6.45, 7) is 2.04. The van der Waals surface area contributed by atoms with E-state index in [0.717, 1.165) is 28.2 Å². The summed E-state index contributed by atoms with van der Waals surface area (Å²) < 4.78 is 0. The van der Waals surface area contributed by atoms with Crippen molar-refractivity contribution in [2.45, 2.75) is 6.92 Å². The van der Waals surface area contributed by atoms with Gasteiger partial charge in [-0.3, -0.25) is 0 Å². The Kier molecular flexibility index (Phi) is 5.04. The molecular weight excluding hydrogens is 270 g/mol. The van der Waals surface area contributed by atoms with Crippen LogP contribution in [0.3, 0.4) is 0 Å². The minimum absolute atomic E-state index is 0.782. The fraction of sp³-hybridized carbons (Fsp3) is 0.0526. The second-order valence-electron chi connectivity index (χ2n) is 5.15. The lowest BCUT2D eigenvalue weighted by molar-refractivity contribution is 1.47. The Balaban J connectivity index is 0.000000188. The Labute approximate surface area is 131 Å². The predicted molar refractivity (Wildman–Crippen MR) is 96.3 cm³/mol. The normalized spacial score (nSPS) is 9.68. The molecule has 0 saturated carbocycles. The van der Waals surface area contributed by atoms with Crippen molar-refractivity contribution in [3.8, 4) is 11.1 Å². The van der Waals surface area contributed by atoms with Crippen LogP contribution in [0.15, 0.2) is 72.8 Å². The van der Waals surface area contributed by atoms with E-state index in [1.165, 1.54) is 5.56 Å². The van der Waals surface area contributed by atoms with Gasteiger partial charge >= 0.3 is 0 Å². The first kappa shape index (κ1) is 15.4. The van der Waals surface area contributed by atoms with E-state index in [-0.39, 0.29) is 0 Å². The first-order chi connectivity index (χ1) is 10.5. The molecule has 0 bridgehead atoms. The van der Waals surface area contributed by atoms with Gasteiger partial charge in [0, 0.05) is 17.1 Å². The largest absolute Gasteiger partial charge is 0.399 e. The van der Waals surface area contributed by atoms with Gasteiger partial charge in [-0.15, -0.1) is 0 Å². The zero-order chi connectivity index (χ0) is 15.9. The molecule has 0 aliphatic heterocycles. The van der Waals surface area contributed by atoms with Gasteiger partial charge in [0.05, 0.1) is 0 Å². The molecule has 0 fully saturated rings. The quantitative estimate of drug-likeness (QED) is 0.591. The summed E-state index contributed by atoms with van der Waals surface area (Å²) in [6, 6.07) is 23.4. The molecule has 3 nitrogen and oxygen atoms in total. The molecule has 0 aliphatic carbocycles. The van der Waals surface area contributed by atoms with Crippen molar-refractivity contribution in [1.29, 1.82) is 0 Å². The molecule has 3 aromatic rings. The van der Waals surface area contributed by atoms with Gasteiger partial charge in [-0.2, -0.15) is 0 Å². The van der Waals surface area contributed by atoms with Gasteiger partial charge in [-0.1, -0.05) is 42.0 Å². The molecule has 3 heteroatoms. The highest BCUT2D eigenvalue weighted by Gasteiger charge is 1.95. The third kappa shape index (κ3) is 4.56. The highest BCUT2D eigenvalue weighted by Crippen LogP contribution is 2.21. The number of rotatable bonds is 1. The maximum atomic E-state index is 5.61. The zero-order valence-corrected chi connectivity index (χ0v) is 12.7. The fourth-order valence-electron chi connectivity index (χ4n) is 1.92. The molecule has 6 N–H and O–H groups in total. The van der Waals surface area contributed by atoms with Gasteiger partial charge in [0.1, 0.15) is 0 Å². The molecule has 0 radical (unpaired) electrons. The number of benzene rings is 3. The molecule has 0 heterocycles. The van der Waals surface area contributed by atoms with Crippen LogP contribution in [0.4, 0.5) is 17.1 Å². The second-order valence-corrected chi connectivity index (χ2v) is 5.15. The highest BCUT2D eigenvalue weighted by molar-refractivity contribution is 5.67. The van der Waals surface area contributed by atoms with E-state index in [2.05, 4.69) is 0 Å². The molecule has 0 aliphatic rings. The van der Waals surface area contributed by atoms with Crippen molar-refractivity contribution in [1.82, 2.24) is 0 Å². The molecule has 0 atom stereocenters. The van der Waals surface area contributed by atoms with Gasteiger partial charge in [0.15, 0.2) is 0 Å². The Hall–Kier alpha value is -2.94. The molecule has 112 valence electrons. The van der Waals surface area contributed by atoms with Crippen LogP contribution in [0.1, 0.15) is 5.56 Å². The van der Waals surface area contributed by atoms with Gasteiger partial charge in [0.2, 0.25) is 0 Å². The van der Waals surface area contributed by atoms with E-state index in [1.54, 1.807) is 0 Å². The zero-order valence-electron chi connectivity index (χ0n) is 12.7. The predicted octanol–water partition coefficient (Wildman–Crippen LogP) is 4.10. The first-order valence-corrected chi connectivity index (χ1v) is 7.08. The van der Waals surface area contributed by atoms with Crippen molar-refractivity contribution in [3.05, 3.63) is 78.4 Å². The fourth-order valence-corrected chi connectivity index (χ4v) is 1.92. The summed E-state index contributed by atoms with van der Waals surface area (Å²) in [7, 11) is 0. The number of hydrogen-bond donors (Lipinski definition) is 3. The first-order valence-electron chi connectivity index (χ1n) is 7.08. The molecule has 0 unspecified atom stereocenters. The Bertz CT molecular complexity index is 635. The standard InChI is InChI=1S/C12H12N2.C7H9N/c13-11-5-1-9(2-6-11)10-3-7-12(14)8-4-10;1-6-2-4-7(8)5-3-6/h1-8H,13-14H2;2-5H,8H2,1H3. The van der Waals surface area contributed by atoms with Crippen LogP contribution < -0.4 is 17.2 Å². The van der Waals surface area contributed by atoms with Crippen LogP contribution in [0.2, 0.25) is 0 Å². The SMILES string of the molecule is Cc1ccc(N)cc1.Nc1ccc(-c2ccc(N)cc2)cc1. The summed E-state index contributed by atoms with van der Waals surface area (Å²) in [5.41, 5.74) is 22.6. The van der Waals surface area contributed by atoms with Crippen molar-refractivity contribution in [2.75, 3.05) is 17.2 Å². The Morgan fingerprint density at radius 1 is 0.455 bits per heavy atom. The van der Waals surface area contributed by atoms with Crippen molar-refractivity contribution in [3.63, 3.8) is 0 Å². The Morgan fingerprint density at radius 3 is 1.00 bits per heavy atom. The second kappa shape index (κ2) is 7.18. The van der Waals surface area contributed by atoms with Gasteiger partial charge in [-0.05, 0) is 54.4 Å². The lowest BCUT2D eigenvalue weighted by Gasteiger charge is -2.02. The molecule has 0 saturated heterocycles. The molecule has 22 heavy (non-hydrogen) atoms. The minimum atomic E-state index is 0.782. The number of nitrogen functional groups attached to an aromatic ring is 3. The molecular formula is C19H21N3. The van der Waals surface area contributed by atoms with E-state index >= 15 is 0 Å². The summed E-state index contributed by atoms with van der Waals surface area (Å²) in [4.78, 5) is 0. The van der Waals surface area contributed by atoms with Crippen LogP contribution in [-0.2, 0) is 0 Å². The number of aryl methyl sites for hydroxylation is 1. The van der Waals surface area contributed by atoms with Crippen LogP contribution >= 0.6 is 0 Å². The summed E-state index contributed by atoms with van der Waals surface area (Å²) in [5.74, 6) is 0. The highest BCUT2D eigenvalue weighted by atomic mass is 14.5. The maximum absolute atomic E-state index is 5.61. The third-order valence-corrected chi connectivity index (χ3v) is 3.23. The van der Waals surface area contributed by atoms with Gasteiger partial charge in [0.25, 0.3) is 0 Å². The van der Waals surface area contributed by atoms with Gasteiger partial charge < -0.3 is 17.2 Å². The van der Waals surface area contributed by atoms with Crippen LogP contribution in [0.25, 0.3) is 11.1 Å². The number of nitrogens with two attached hydrogens (primary N) is 3. The Morgan fingerprint density at radius 2 is 0.727 bits per heavy atom. The summed E-state index contributed by atoms with van der Waals surface area (Å²) in [6.07, 6.45) is 0.